The van der Waals surface area contributed by atoms with Gasteiger partial charge in [0.1, 0.15) is 0 Å². The lowest BCUT2D eigenvalue weighted by molar-refractivity contribution is 0.0946. The number of anilines is 1. The van der Waals surface area contributed by atoms with Crippen molar-refractivity contribution in [1.82, 2.24) is 5.32 Å². The van der Waals surface area contributed by atoms with E-state index in [4.69, 9.17) is 5.73 Å². The van der Waals surface area contributed by atoms with Gasteiger partial charge < -0.3 is 11.1 Å². The first-order chi connectivity index (χ1) is 9.65. The maximum Gasteiger partial charge on any atom is 0.251 e. The lowest BCUT2D eigenvalue weighted by Crippen LogP contribution is -2.32. The van der Waals surface area contributed by atoms with Crippen LogP contribution in [0.5, 0.6) is 0 Å². The molecule has 1 aliphatic rings. The van der Waals surface area contributed by atoms with Crippen LogP contribution in [0.3, 0.4) is 0 Å². The summed E-state index contributed by atoms with van der Waals surface area (Å²) in [6.45, 7) is 0.650. The van der Waals surface area contributed by atoms with Crippen molar-refractivity contribution in [2.45, 2.75) is 6.42 Å². The Kier molecular flexibility index (Phi) is 2.99. The van der Waals surface area contributed by atoms with E-state index in [1.54, 1.807) is 36.4 Å². The minimum Gasteiger partial charge on any atom is -0.399 e. The molecule has 2 aromatic rings. The number of benzene rings is 2. The van der Waals surface area contributed by atoms with E-state index < -0.39 is 0 Å². The van der Waals surface area contributed by atoms with Gasteiger partial charge in [-0.3, -0.25) is 9.59 Å². The normalized spacial score (nSPS) is 13.5. The number of ketones is 1. The molecule has 1 amide bonds. The molecule has 0 saturated heterocycles. The Balaban J connectivity index is 1.98. The van der Waals surface area contributed by atoms with Crippen LogP contribution in [-0.2, 0) is 6.42 Å². The number of amides is 1. The standard InChI is InChI=1S/C16H14N2O2/c17-13-5-3-11(4-6-13)15(19)12-2-1-10-7-8-18-16(20)14(10)9-12/h1-6,9H,7-8,17H2,(H,18,20). The molecule has 0 unspecified atom stereocenters. The molecule has 20 heavy (non-hydrogen) atoms. The minimum absolute atomic E-state index is 0.105. The van der Waals surface area contributed by atoms with Crippen LogP contribution >= 0.6 is 0 Å². The van der Waals surface area contributed by atoms with E-state index in [-0.39, 0.29) is 11.7 Å². The molecule has 0 bridgehead atoms. The summed E-state index contributed by atoms with van der Waals surface area (Å²) in [5.41, 5.74) is 8.90. The maximum atomic E-state index is 12.4. The third-order valence-electron chi connectivity index (χ3n) is 3.47. The second kappa shape index (κ2) is 4.81. The Bertz CT molecular complexity index is 690. The Labute approximate surface area is 116 Å². The molecule has 2 aromatic carbocycles. The molecule has 0 fully saturated rings. The number of rotatable bonds is 2. The van der Waals surface area contributed by atoms with Crippen molar-refractivity contribution < 1.29 is 9.59 Å². The summed E-state index contributed by atoms with van der Waals surface area (Å²) >= 11 is 0. The van der Waals surface area contributed by atoms with Gasteiger partial charge >= 0.3 is 0 Å². The number of carbonyl (C=O) groups is 2. The highest BCUT2D eigenvalue weighted by Crippen LogP contribution is 2.19. The fourth-order valence-corrected chi connectivity index (χ4v) is 2.35. The number of nitrogens with two attached hydrogens (primary N) is 1. The van der Waals surface area contributed by atoms with E-state index in [0.29, 0.717) is 28.9 Å². The van der Waals surface area contributed by atoms with Crippen molar-refractivity contribution >= 4 is 17.4 Å². The monoisotopic (exact) mass is 266 g/mol. The van der Waals surface area contributed by atoms with E-state index in [1.165, 1.54) is 0 Å². The fraction of sp³-hybridized carbons (Fsp3) is 0.125. The zero-order valence-electron chi connectivity index (χ0n) is 10.8. The molecular weight excluding hydrogens is 252 g/mol. The SMILES string of the molecule is Nc1ccc(C(=O)c2ccc3c(c2)C(=O)NCC3)cc1. The molecule has 0 saturated carbocycles. The first-order valence-electron chi connectivity index (χ1n) is 6.46. The highest BCUT2D eigenvalue weighted by molar-refractivity contribution is 6.10. The number of fused-ring (bicyclic) bond motifs is 1. The molecule has 3 rings (SSSR count). The predicted octanol–water partition coefficient (Wildman–Crippen LogP) is 1.79. The minimum atomic E-state index is -0.113. The average molecular weight is 266 g/mol. The Morgan fingerprint density at radius 2 is 1.75 bits per heavy atom. The third-order valence-corrected chi connectivity index (χ3v) is 3.47. The molecule has 0 aliphatic carbocycles. The number of carbonyl (C=O) groups excluding carboxylic acids is 2. The van der Waals surface area contributed by atoms with E-state index in [1.807, 2.05) is 6.07 Å². The van der Waals surface area contributed by atoms with Crippen molar-refractivity contribution in [2.75, 3.05) is 12.3 Å². The molecule has 0 spiro atoms. The van der Waals surface area contributed by atoms with Gasteiger partial charge in [-0.2, -0.15) is 0 Å². The summed E-state index contributed by atoms with van der Waals surface area (Å²) in [6.07, 6.45) is 0.803. The first kappa shape index (κ1) is 12.4. The van der Waals surface area contributed by atoms with Crippen molar-refractivity contribution in [2.24, 2.45) is 0 Å². The molecular formula is C16H14N2O2. The largest absolute Gasteiger partial charge is 0.399 e. The van der Waals surface area contributed by atoms with E-state index >= 15 is 0 Å². The van der Waals surface area contributed by atoms with Crippen LogP contribution in [0, 0.1) is 0 Å². The molecule has 3 N–H and O–H groups in total. The highest BCUT2D eigenvalue weighted by Gasteiger charge is 2.19. The van der Waals surface area contributed by atoms with E-state index in [2.05, 4.69) is 5.32 Å². The van der Waals surface area contributed by atoms with Crippen LogP contribution in [0.25, 0.3) is 0 Å². The van der Waals surface area contributed by atoms with Gasteiger partial charge in [0.05, 0.1) is 0 Å². The number of nitrogen functional groups attached to an aromatic ring is 1. The Morgan fingerprint density at radius 3 is 2.50 bits per heavy atom. The van der Waals surface area contributed by atoms with Crippen molar-refractivity contribution in [1.29, 1.82) is 0 Å². The molecule has 1 aliphatic heterocycles. The quantitative estimate of drug-likeness (QED) is 0.643. The van der Waals surface area contributed by atoms with Gasteiger partial charge in [-0.05, 0) is 42.3 Å². The third kappa shape index (κ3) is 2.16. The van der Waals surface area contributed by atoms with Gasteiger partial charge in [0.15, 0.2) is 5.78 Å². The summed E-state index contributed by atoms with van der Waals surface area (Å²) < 4.78 is 0. The van der Waals surface area contributed by atoms with Crippen LogP contribution in [0.2, 0.25) is 0 Å². The van der Waals surface area contributed by atoms with Crippen LogP contribution < -0.4 is 11.1 Å². The second-order valence-electron chi connectivity index (χ2n) is 4.83. The summed E-state index contributed by atoms with van der Waals surface area (Å²) in [5.74, 6) is -0.218. The summed E-state index contributed by atoms with van der Waals surface area (Å²) in [5, 5.41) is 2.78. The number of hydrogen-bond acceptors (Lipinski definition) is 3. The molecule has 100 valence electrons. The smallest absolute Gasteiger partial charge is 0.251 e. The highest BCUT2D eigenvalue weighted by atomic mass is 16.1. The van der Waals surface area contributed by atoms with Crippen molar-refractivity contribution in [3.63, 3.8) is 0 Å². The maximum absolute atomic E-state index is 12.4. The lowest BCUT2D eigenvalue weighted by Gasteiger charge is -2.16. The lowest BCUT2D eigenvalue weighted by atomic mass is 9.94. The van der Waals surface area contributed by atoms with Crippen LogP contribution in [-0.4, -0.2) is 18.2 Å². The van der Waals surface area contributed by atoms with Crippen LogP contribution in [0.15, 0.2) is 42.5 Å². The molecule has 1 heterocycles. The Hall–Kier alpha value is -2.62. The summed E-state index contributed by atoms with van der Waals surface area (Å²) in [6, 6.07) is 12.1. The summed E-state index contributed by atoms with van der Waals surface area (Å²) in [4.78, 5) is 24.2. The van der Waals surface area contributed by atoms with Crippen molar-refractivity contribution in [3.8, 4) is 0 Å². The Morgan fingerprint density at radius 1 is 1.05 bits per heavy atom. The van der Waals surface area contributed by atoms with Crippen LogP contribution in [0.1, 0.15) is 31.8 Å². The van der Waals surface area contributed by atoms with Gasteiger partial charge in [-0.1, -0.05) is 12.1 Å². The van der Waals surface area contributed by atoms with Gasteiger partial charge in [-0.15, -0.1) is 0 Å². The fourth-order valence-electron chi connectivity index (χ4n) is 2.35. The number of hydrogen-bond donors (Lipinski definition) is 2. The van der Waals surface area contributed by atoms with E-state index in [9.17, 15) is 9.59 Å². The molecule has 0 aromatic heterocycles. The average Bonchev–Trinajstić information content (AvgIpc) is 2.47. The second-order valence-corrected chi connectivity index (χ2v) is 4.83. The predicted molar refractivity (Wildman–Crippen MR) is 76.8 cm³/mol. The van der Waals surface area contributed by atoms with Gasteiger partial charge in [-0.25, -0.2) is 0 Å². The van der Waals surface area contributed by atoms with Gasteiger partial charge in [0.25, 0.3) is 5.91 Å². The molecule has 0 radical (unpaired) electrons. The zero-order chi connectivity index (χ0) is 14.1. The number of nitrogens with one attached hydrogen (secondary N) is 1. The summed E-state index contributed by atoms with van der Waals surface area (Å²) in [7, 11) is 0. The topological polar surface area (TPSA) is 72.2 Å². The molecule has 0 atom stereocenters. The zero-order valence-corrected chi connectivity index (χ0v) is 10.8. The van der Waals surface area contributed by atoms with Gasteiger partial charge in [0, 0.05) is 28.9 Å². The van der Waals surface area contributed by atoms with Crippen molar-refractivity contribution in [3.05, 3.63) is 64.7 Å². The molecule has 4 heteroatoms. The van der Waals surface area contributed by atoms with E-state index in [0.717, 1.165) is 12.0 Å². The van der Waals surface area contributed by atoms with Gasteiger partial charge in [0.2, 0.25) is 0 Å². The molecule has 4 nitrogen and oxygen atoms in total. The first-order valence-corrected chi connectivity index (χ1v) is 6.46. The van der Waals surface area contributed by atoms with Crippen LogP contribution in [0.4, 0.5) is 5.69 Å².